The van der Waals surface area contributed by atoms with Crippen LogP contribution in [0, 0.1) is 18.8 Å². The van der Waals surface area contributed by atoms with Gasteiger partial charge in [-0.05, 0) is 55.7 Å². The molecular weight excluding hydrogens is 276 g/mol. The lowest BCUT2D eigenvalue weighted by Crippen LogP contribution is -2.19. The molecule has 1 fully saturated rings. The highest BCUT2D eigenvalue weighted by Gasteiger charge is 2.19. The summed E-state index contributed by atoms with van der Waals surface area (Å²) in [6, 6.07) is 5.86. The van der Waals surface area contributed by atoms with Crippen molar-refractivity contribution in [2.24, 2.45) is 11.8 Å². The summed E-state index contributed by atoms with van der Waals surface area (Å²) < 4.78 is 11.1. The molecule has 0 radical (unpaired) electrons. The van der Waals surface area contributed by atoms with E-state index in [0.717, 1.165) is 49.4 Å². The zero-order valence-corrected chi connectivity index (χ0v) is 14.1. The van der Waals surface area contributed by atoms with Crippen LogP contribution in [0.4, 0.5) is 0 Å². The van der Waals surface area contributed by atoms with Crippen LogP contribution < -0.4 is 4.74 Å². The van der Waals surface area contributed by atoms with Gasteiger partial charge in [-0.2, -0.15) is 0 Å². The third-order valence-corrected chi connectivity index (χ3v) is 4.29. The normalized spacial score (nSPS) is 16.0. The van der Waals surface area contributed by atoms with Crippen LogP contribution >= 0.6 is 0 Å². The third kappa shape index (κ3) is 5.13. The second-order valence-electron chi connectivity index (χ2n) is 6.69. The Balaban J connectivity index is 1.97. The monoisotopic (exact) mass is 304 g/mol. The Kier molecular flexibility index (Phi) is 6.44. The van der Waals surface area contributed by atoms with Crippen LogP contribution in [0.2, 0.25) is 0 Å². The van der Waals surface area contributed by atoms with E-state index in [1.807, 2.05) is 25.1 Å². The van der Waals surface area contributed by atoms with Gasteiger partial charge in [0.15, 0.2) is 5.78 Å². The number of carbonyl (C=O) groups excluding carboxylic acids is 1. The summed E-state index contributed by atoms with van der Waals surface area (Å²) in [4.78, 5) is 12.6. The van der Waals surface area contributed by atoms with Gasteiger partial charge in [0.25, 0.3) is 0 Å². The summed E-state index contributed by atoms with van der Waals surface area (Å²) in [5.74, 6) is 2.13. The number of ketones is 1. The van der Waals surface area contributed by atoms with Crippen LogP contribution in [0.25, 0.3) is 0 Å². The van der Waals surface area contributed by atoms with Gasteiger partial charge in [-0.25, -0.2) is 0 Å². The molecule has 1 aromatic carbocycles. The second kappa shape index (κ2) is 8.33. The number of ether oxygens (including phenoxy) is 2. The summed E-state index contributed by atoms with van der Waals surface area (Å²) in [5, 5.41) is 0. The standard InChI is InChI=1S/C19H28O3/c1-14(2)6-11-22-17-5-4-15(3)18(13-17)19(20)12-16-7-9-21-10-8-16/h4-5,13-14,16H,6-12H2,1-3H3. The minimum atomic E-state index is 0.235. The fourth-order valence-electron chi connectivity index (χ4n) is 2.73. The highest BCUT2D eigenvalue weighted by molar-refractivity contribution is 5.97. The Morgan fingerprint density at radius 3 is 2.73 bits per heavy atom. The number of carbonyl (C=O) groups is 1. The fourth-order valence-corrected chi connectivity index (χ4v) is 2.73. The molecule has 0 saturated carbocycles. The lowest BCUT2D eigenvalue weighted by Gasteiger charge is -2.21. The Morgan fingerprint density at radius 1 is 1.32 bits per heavy atom. The van der Waals surface area contributed by atoms with E-state index in [4.69, 9.17) is 9.47 Å². The summed E-state index contributed by atoms with van der Waals surface area (Å²) >= 11 is 0. The zero-order valence-electron chi connectivity index (χ0n) is 14.1. The first-order valence-corrected chi connectivity index (χ1v) is 8.40. The molecule has 1 aliphatic rings. The van der Waals surface area contributed by atoms with Gasteiger partial charge in [0.1, 0.15) is 5.75 Å². The average Bonchev–Trinajstić information content (AvgIpc) is 2.49. The Hall–Kier alpha value is -1.35. The van der Waals surface area contributed by atoms with E-state index in [2.05, 4.69) is 13.8 Å². The van der Waals surface area contributed by atoms with Crippen LogP contribution in [-0.4, -0.2) is 25.6 Å². The molecule has 1 aromatic rings. The molecule has 3 heteroatoms. The van der Waals surface area contributed by atoms with Crippen LogP contribution in [0.3, 0.4) is 0 Å². The lowest BCUT2D eigenvalue weighted by atomic mass is 9.90. The van der Waals surface area contributed by atoms with Crippen molar-refractivity contribution >= 4 is 5.78 Å². The molecular formula is C19H28O3. The Bertz CT molecular complexity index is 487. The molecule has 1 aliphatic heterocycles. The number of hydrogen-bond acceptors (Lipinski definition) is 3. The van der Waals surface area contributed by atoms with Crippen LogP contribution in [-0.2, 0) is 4.74 Å². The smallest absolute Gasteiger partial charge is 0.163 e. The number of aryl methyl sites for hydroxylation is 1. The number of Topliss-reactive ketones (excluding diaryl/α,β-unsaturated/α-hetero) is 1. The molecule has 0 spiro atoms. The van der Waals surface area contributed by atoms with E-state index in [0.29, 0.717) is 24.9 Å². The largest absolute Gasteiger partial charge is 0.494 e. The van der Waals surface area contributed by atoms with Crippen molar-refractivity contribution in [1.29, 1.82) is 0 Å². The van der Waals surface area contributed by atoms with Crippen molar-refractivity contribution < 1.29 is 14.3 Å². The van der Waals surface area contributed by atoms with E-state index in [-0.39, 0.29) is 5.78 Å². The van der Waals surface area contributed by atoms with Gasteiger partial charge in [0, 0.05) is 25.2 Å². The van der Waals surface area contributed by atoms with Gasteiger partial charge >= 0.3 is 0 Å². The van der Waals surface area contributed by atoms with Crippen molar-refractivity contribution in [1.82, 2.24) is 0 Å². The molecule has 1 heterocycles. The molecule has 0 aliphatic carbocycles. The van der Waals surface area contributed by atoms with Crippen LogP contribution in [0.5, 0.6) is 5.75 Å². The molecule has 0 N–H and O–H groups in total. The van der Waals surface area contributed by atoms with Gasteiger partial charge in [-0.15, -0.1) is 0 Å². The van der Waals surface area contributed by atoms with Gasteiger partial charge in [0.05, 0.1) is 6.61 Å². The first kappa shape index (κ1) is 17.0. The summed E-state index contributed by atoms with van der Waals surface area (Å²) in [7, 11) is 0. The molecule has 122 valence electrons. The molecule has 0 bridgehead atoms. The van der Waals surface area contributed by atoms with Crippen molar-refractivity contribution in [3.05, 3.63) is 29.3 Å². The van der Waals surface area contributed by atoms with E-state index in [1.54, 1.807) is 0 Å². The highest BCUT2D eigenvalue weighted by Crippen LogP contribution is 2.24. The fraction of sp³-hybridized carbons (Fsp3) is 0.632. The van der Waals surface area contributed by atoms with Gasteiger partial charge < -0.3 is 9.47 Å². The van der Waals surface area contributed by atoms with E-state index < -0.39 is 0 Å². The van der Waals surface area contributed by atoms with Crippen molar-refractivity contribution in [3.63, 3.8) is 0 Å². The second-order valence-corrected chi connectivity index (χ2v) is 6.69. The third-order valence-electron chi connectivity index (χ3n) is 4.29. The first-order valence-electron chi connectivity index (χ1n) is 8.40. The van der Waals surface area contributed by atoms with Gasteiger partial charge in [-0.1, -0.05) is 19.9 Å². The first-order chi connectivity index (χ1) is 10.6. The summed E-state index contributed by atoms with van der Waals surface area (Å²) in [5.41, 5.74) is 1.85. The predicted octanol–water partition coefficient (Wildman–Crippen LogP) is 4.42. The van der Waals surface area contributed by atoms with Gasteiger partial charge in [0.2, 0.25) is 0 Å². The van der Waals surface area contributed by atoms with Crippen molar-refractivity contribution in [2.75, 3.05) is 19.8 Å². The molecule has 0 atom stereocenters. The maximum atomic E-state index is 12.6. The maximum Gasteiger partial charge on any atom is 0.163 e. The average molecular weight is 304 g/mol. The molecule has 3 nitrogen and oxygen atoms in total. The zero-order chi connectivity index (χ0) is 15.9. The summed E-state index contributed by atoms with van der Waals surface area (Å²) in [6.07, 6.45) is 3.64. The number of rotatable bonds is 7. The Labute approximate surface area is 134 Å². The minimum Gasteiger partial charge on any atom is -0.494 e. The van der Waals surface area contributed by atoms with Crippen molar-refractivity contribution in [3.8, 4) is 5.75 Å². The predicted molar refractivity (Wildman–Crippen MR) is 88.6 cm³/mol. The molecule has 22 heavy (non-hydrogen) atoms. The lowest BCUT2D eigenvalue weighted by molar-refractivity contribution is 0.0600. The maximum absolute atomic E-state index is 12.6. The van der Waals surface area contributed by atoms with E-state index in [1.165, 1.54) is 0 Å². The molecule has 0 amide bonds. The van der Waals surface area contributed by atoms with E-state index >= 15 is 0 Å². The minimum absolute atomic E-state index is 0.235. The van der Waals surface area contributed by atoms with Crippen LogP contribution in [0.1, 0.15) is 55.5 Å². The SMILES string of the molecule is Cc1ccc(OCCC(C)C)cc1C(=O)CC1CCOCC1. The van der Waals surface area contributed by atoms with Crippen molar-refractivity contribution in [2.45, 2.75) is 46.5 Å². The molecule has 0 unspecified atom stereocenters. The molecule has 1 saturated heterocycles. The highest BCUT2D eigenvalue weighted by atomic mass is 16.5. The quantitative estimate of drug-likeness (QED) is 0.700. The molecule has 2 rings (SSSR count). The van der Waals surface area contributed by atoms with Crippen LogP contribution in [0.15, 0.2) is 18.2 Å². The van der Waals surface area contributed by atoms with Gasteiger partial charge in [-0.3, -0.25) is 4.79 Å². The van der Waals surface area contributed by atoms with E-state index in [9.17, 15) is 4.79 Å². The number of benzene rings is 1. The Morgan fingerprint density at radius 2 is 2.05 bits per heavy atom. The summed E-state index contributed by atoms with van der Waals surface area (Å²) in [6.45, 7) is 8.64. The number of hydrogen-bond donors (Lipinski definition) is 0. The molecule has 0 aromatic heterocycles. The topological polar surface area (TPSA) is 35.5 Å².